The molecule has 0 radical (unpaired) electrons. The normalized spacial score (nSPS) is 19.8. The third kappa shape index (κ3) is 2.79. The van der Waals surface area contributed by atoms with Gasteiger partial charge in [-0.25, -0.2) is 4.39 Å². The van der Waals surface area contributed by atoms with Gasteiger partial charge in [-0.05, 0) is 59.3 Å². The van der Waals surface area contributed by atoms with E-state index in [2.05, 4.69) is 10.6 Å². The molecule has 2 aliphatic heterocycles. The van der Waals surface area contributed by atoms with E-state index in [0.717, 1.165) is 35.4 Å². The van der Waals surface area contributed by atoms with Crippen molar-refractivity contribution in [3.63, 3.8) is 0 Å². The molecule has 0 spiro atoms. The van der Waals surface area contributed by atoms with Gasteiger partial charge in [-0.3, -0.25) is 4.79 Å². The molecule has 1 atom stereocenters. The van der Waals surface area contributed by atoms with Gasteiger partial charge in [0, 0.05) is 11.4 Å². The zero-order valence-electron chi connectivity index (χ0n) is 12.5. The van der Waals surface area contributed by atoms with Gasteiger partial charge in [-0.2, -0.15) is 0 Å². The number of carbonyl (C=O) groups is 1. The summed E-state index contributed by atoms with van der Waals surface area (Å²) in [4.78, 5) is 13.9. The summed E-state index contributed by atoms with van der Waals surface area (Å²) >= 11 is 3.33. The second kappa shape index (κ2) is 6.26. The van der Waals surface area contributed by atoms with Gasteiger partial charge in [-0.1, -0.05) is 6.07 Å². The average Bonchev–Trinajstić information content (AvgIpc) is 3.06. The zero-order valence-corrected chi connectivity index (χ0v) is 14.2. The molecule has 120 valence electrons. The number of fused-ring (bicyclic) bond motifs is 2. The minimum atomic E-state index is -0.274. The lowest BCUT2D eigenvalue weighted by Gasteiger charge is -2.23. The van der Waals surface area contributed by atoms with Crippen molar-refractivity contribution < 1.29 is 9.18 Å². The van der Waals surface area contributed by atoms with Gasteiger partial charge in [-0.15, -0.1) is 23.1 Å². The van der Waals surface area contributed by atoms with Gasteiger partial charge in [0.25, 0.3) is 0 Å². The number of carbonyl (C=O) groups excluding carboxylic acids is 1. The van der Waals surface area contributed by atoms with Crippen LogP contribution in [0.2, 0.25) is 0 Å². The van der Waals surface area contributed by atoms with E-state index in [1.165, 1.54) is 4.88 Å². The Kier molecular flexibility index (Phi) is 4.13. The predicted octanol–water partition coefficient (Wildman–Crippen LogP) is 3.50. The average molecular weight is 348 g/mol. The number of benzene rings is 1. The predicted molar refractivity (Wildman–Crippen MR) is 93.7 cm³/mol. The molecule has 0 bridgehead atoms. The highest BCUT2D eigenvalue weighted by atomic mass is 32.2. The second-order valence-corrected chi connectivity index (χ2v) is 7.99. The zero-order chi connectivity index (χ0) is 15.8. The molecule has 1 aromatic heterocycles. The number of rotatable bonds is 2. The number of anilines is 1. The Balaban J connectivity index is 1.58. The molecule has 0 aliphatic carbocycles. The summed E-state index contributed by atoms with van der Waals surface area (Å²) < 4.78 is 14.7. The number of nitrogens with one attached hydrogen (secondary N) is 2. The highest BCUT2D eigenvalue weighted by molar-refractivity contribution is 8.00. The Bertz CT molecular complexity index is 759. The van der Waals surface area contributed by atoms with Crippen molar-refractivity contribution in [2.45, 2.75) is 24.6 Å². The number of hydrogen-bond donors (Lipinski definition) is 2. The van der Waals surface area contributed by atoms with Gasteiger partial charge in [0.1, 0.15) is 11.1 Å². The summed E-state index contributed by atoms with van der Waals surface area (Å²) in [6, 6.07) is 5.61. The summed E-state index contributed by atoms with van der Waals surface area (Å²) in [5.41, 5.74) is 3.11. The highest BCUT2D eigenvalue weighted by Crippen LogP contribution is 2.40. The Morgan fingerprint density at radius 2 is 2.22 bits per heavy atom. The van der Waals surface area contributed by atoms with E-state index in [1.54, 1.807) is 29.2 Å². The molecule has 1 aromatic carbocycles. The lowest BCUT2D eigenvalue weighted by Crippen LogP contribution is -2.26. The van der Waals surface area contributed by atoms with Gasteiger partial charge in [0.15, 0.2) is 0 Å². The summed E-state index contributed by atoms with van der Waals surface area (Å²) in [6.45, 7) is 1.47. The lowest BCUT2D eigenvalue weighted by atomic mass is 9.99. The number of halogens is 1. The number of hydrogen-bond acceptors (Lipinski definition) is 4. The molecule has 0 saturated carbocycles. The van der Waals surface area contributed by atoms with Crippen molar-refractivity contribution in [1.82, 2.24) is 5.32 Å². The van der Waals surface area contributed by atoms with Gasteiger partial charge in [0.2, 0.25) is 5.91 Å². The van der Waals surface area contributed by atoms with E-state index in [0.29, 0.717) is 18.7 Å². The molecule has 23 heavy (non-hydrogen) atoms. The van der Waals surface area contributed by atoms with Crippen LogP contribution in [0, 0.1) is 5.82 Å². The molecule has 4 rings (SSSR count). The monoisotopic (exact) mass is 348 g/mol. The van der Waals surface area contributed by atoms with Crippen molar-refractivity contribution in [3.05, 3.63) is 51.0 Å². The van der Waals surface area contributed by atoms with Gasteiger partial charge in [0.05, 0.1) is 5.69 Å². The van der Waals surface area contributed by atoms with Crippen LogP contribution >= 0.6 is 23.1 Å². The molecule has 1 unspecified atom stereocenters. The first-order chi connectivity index (χ1) is 11.2. The minimum absolute atomic E-state index is 0.123. The molecule has 3 heterocycles. The summed E-state index contributed by atoms with van der Waals surface area (Å²) in [6.07, 6.45) is 1.68. The van der Waals surface area contributed by atoms with Crippen LogP contribution in [-0.2, 0) is 24.2 Å². The van der Waals surface area contributed by atoms with Crippen molar-refractivity contribution in [2.24, 2.45) is 0 Å². The van der Waals surface area contributed by atoms with E-state index < -0.39 is 0 Å². The first-order valence-corrected chi connectivity index (χ1v) is 9.66. The molecule has 0 fully saturated rings. The van der Waals surface area contributed by atoms with Crippen molar-refractivity contribution in [3.8, 4) is 0 Å². The Labute approximate surface area is 142 Å². The van der Waals surface area contributed by atoms with Crippen LogP contribution in [0.1, 0.15) is 26.8 Å². The third-order valence-electron chi connectivity index (χ3n) is 4.38. The second-order valence-electron chi connectivity index (χ2n) is 5.78. The summed E-state index contributed by atoms with van der Waals surface area (Å²) in [5, 5.41) is 7.84. The topological polar surface area (TPSA) is 41.1 Å². The first-order valence-electron chi connectivity index (χ1n) is 7.74. The first kappa shape index (κ1) is 15.2. The van der Waals surface area contributed by atoms with E-state index in [9.17, 15) is 9.18 Å². The molecule has 6 heteroatoms. The van der Waals surface area contributed by atoms with Crippen molar-refractivity contribution in [1.29, 1.82) is 0 Å². The van der Waals surface area contributed by atoms with Crippen LogP contribution in [0.4, 0.5) is 10.1 Å². The number of thiophene rings is 1. The van der Waals surface area contributed by atoms with Crippen LogP contribution in [-0.4, -0.2) is 18.2 Å². The van der Waals surface area contributed by atoms with E-state index >= 15 is 0 Å². The third-order valence-corrected chi connectivity index (χ3v) is 6.62. The highest BCUT2D eigenvalue weighted by Gasteiger charge is 2.29. The molecular formula is C17H17FN2OS2. The number of aryl methyl sites for hydroxylation is 1. The molecule has 2 aromatic rings. The smallest absolute Gasteiger partial charge is 0.242 e. The summed E-state index contributed by atoms with van der Waals surface area (Å²) in [5.74, 6) is 0.537. The van der Waals surface area contributed by atoms with Gasteiger partial charge >= 0.3 is 0 Å². The van der Waals surface area contributed by atoms with E-state index in [4.69, 9.17) is 0 Å². The SMILES string of the molecule is O=C(Nc1ccc2c(c1F)CCNC2)C1SCCc2sccc21. The maximum atomic E-state index is 14.7. The fraction of sp³-hybridized carbons (Fsp3) is 0.353. The molecular weight excluding hydrogens is 331 g/mol. The standard InChI is InChI=1S/C17H17FN2OS2/c18-15-11-3-6-19-9-10(11)1-2-13(15)20-17(21)16-12-4-7-22-14(12)5-8-23-16/h1-2,4,7,16,19H,3,5-6,8-9H2,(H,20,21). The molecule has 2 N–H and O–H groups in total. The molecule has 1 amide bonds. The van der Waals surface area contributed by atoms with Crippen molar-refractivity contribution in [2.75, 3.05) is 17.6 Å². The Morgan fingerprint density at radius 1 is 1.30 bits per heavy atom. The molecule has 0 saturated heterocycles. The quantitative estimate of drug-likeness (QED) is 0.873. The number of amides is 1. The largest absolute Gasteiger partial charge is 0.322 e. The number of thioether (sulfide) groups is 1. The minimum Gasteiger partial charge on any atom is -0.322 e. The van der Waals surface area contributed by atoms with E-state index in [1.807, 2.05) is 17.5 Å². The lowest BCUT2D eigenvalue weighted by molar-refractivity contribution is -0.115. The molecule has 2 aliphatic rings. The van der Waals surface area contributed by atoms with Crippen molar-refractivity contribution >= 4 is 34.7 Å². The maximum absolute atomic E-state index is 14.7. The van der Waals surface area contributed by atoms with Gasteiger partial charge < -0.3 is 10.6 Å². The summed E-state index contributed by atoms with van der Waals surface area (Å²) in [7, 11) is 0. The van der Waals surface area contributed by atoms with Crippen LogP contribution in [0.15, 0.2) is 23.6 Å². The van der Waals surface area contributed by atoms with E-state index in [-0.39, 0.29) is 17.0 Å². The maximum Gasteiger partial charge on any atom is 0.242 e. The van der Waals surface area contributed by atoms with Crippen LogP contribution in [0.3, 0.4) is 0 Å². The molecule has 3 nitrogen and oxygen atoms in total. The fourth-order valence-corrected chi connectivity index (χ4v) is 5.48. The Hall–Kier alpha value is -1.37. The van der Waals surface area contributed by atoms with Crippen LogP contribution in [0.5, 0.6) is 0 Å². The fourth-order valence-electron chi connectivity index (χ4n) is 3.19. The Morgan fingerprint density at radius 3 is 3.13 bits per heavy atom. The van der Waals surface area contributed by atoms with Crippen LogP contribution in [0.25, 0.3) is 0 Å². The van der Waals surface area contributed by atoms with Crippen LogP contribution < -0.4 is 10.6 Å².